The number of halogens is 1. The zero-order valence-corrected chi connectivity index (χ0v) is 21.5. The van der Waals surface area contributed by atoms with E-state index in [9.17, 15) is 9.90 Å². The Labute approximate surface area is 207 Å². The lowest BCUT2D eigenvalue weighted by molar-refractivity contribution is -0.151. The summed E-state index contributed by atoms with van der Waals surface area (Å²) in [7, 11) is 0. The van der Waals surface area contributed by atoms with E-state index in [4.69, 9.17) is 11.6 Å². The van der Waals surface area contributed by atoms with Gasteiger partial charge >= 0.3 is 0 Å². The summed E-state index contributed by atoms with van der Waals surface area (Å²) in [4.78, 5) is 13.7. The Balaban J connectivity index is 1.22. The molecule has 0 aliphatic heterocycles. The molecule has 4 fully saturated rings. The molecule has 0 unspecified atom stereocenters. The summed E-state index contributed by atoms with van der Waals surface area (Å²) in [6.07, 6.45) is 10.1. The molecule has 1 heterocycles. The number of aliphatic hydroxyl groups is 1. The van der Waals surface area contributed by atoms with Crippen LogP contribution in [0.25, 0.3) is 11.0 Å². The number of carbonyl (C=O) groups is 1. The molecule has 6 rings (SSSR count). The minimum absolute atomic E-state index is 0.0929. The first-order chi connectivity index (χ1) is 16.1. The van der Waals surface area contributed by atoms with Crippen LogP contribution in [0, 0.1) is 40.4 Å². The predicted octanol–water partition coefficient (Wildman–Crippen LogP) is 6.06. The molecule has 4 aliphatic rings. The van der Waals surface area contributed by atoms with Gasteiger partial charge in [0.15, 0.2) is 5.78 Å². The van der Waals surface area contributed by atoms with E-state index in [1.165, 1.54) is 25.7 Å². The van der Waals surface area contributed by atoms with E-state index in [0.29, 0.717) is 28.1 Å². The quantitative estimate of drug-likeness (QED) is 0.575. The van der Waals surface area contributed by atoms with Crippen molar-refractivity contribution in [3.63, 3.8) is 0 Å². The van der Waals surface area contributed by atoms with Gasteiger partial charge in [-0.3, -0.25) is 4.79 Å². The number of aromatic nitrogens is 3. The van der Waals surface area contributed by atoms with Crippen LogP contribution in [0.5, 0.6) is 0 Å². The van der Waals surface area contributed by atoms with Gasteiger partial charge in [-0.25, -0.2) is 4.68 Å². The summed E-state index contributed by atoms with van der Waals surface area (Å²) < 4.78 is 1.74. The Kier molecular flexibility index (Phi) is 5.25. The summed E-state index contributed by atoms with van der Waals surface area (Å²) >= 11 is 6.20. The van der Waals surface area contributed by atoms with E-state index in [0.717, 1.165) is 55.0 Å². The molecule has 1 aromatic carbocycles. The van der Waals surface area contributed by atoms with Gasteiger partial charge in [-0.2, -0.15) is 0 Å². The van der Waals surface area contributed by atoms with Gasteiger partial charge in [-0.1, -0.05) is 30.7 Å². The van der Waals surface area contributed by atoms with Crippen molar-refractivity contribution in [3.8, 4) is 0 Å². The molecular weight excluding hydrogens is 446 g/mol. The second-order valence-electron chi connectivity index (χ2n) is 12.9. The lowest BCUT2D eigenvalue weighted by atomic mass is 9.44. The molecule has 0 amide bonds. The van der Waals surface area contributed by atoms with E-state index in [2.05, 4.69) is 24.2 Å². The van der Waals surface area contributed by atoms with Gasteiger partial charge in [0.25, 0.3) is 0 Å². The average Bonchev–Trinajstić information content (AvgIpc) is 3.34. The minimum atomic E-state index is -0.485. The Morgan fingerprint density at radius 2 is 1.85 bits per heavy atom. The number of hydrogen-bond donors (Lipinski definition) is 1. The van der Waals surface area contributed by atoms with Crippen LogP contribution in [0.15, 0.2) is 18.2 Å². The van der Waals surface area contributed by atoms with Crippen LogP contribution >= 0.6 is 11.6 Å². The third-order valence-electron chi connectivity index (χ3n) is 11.1. The van der Waals surface area contributed by atoms with Crippen LogP contribution in [0.1, 0.15) is 78.6 Å². The number of hydrogen-bond acceptors (Lipinski definition) is 4. The molecule has 1 aromatic heterocycles. The second-order valence-corrected chi connectivity index (χ2v) is 13.3. The molecule has 4 aliphatic carbocycles. The van der Waals surface area contributed by atoms with E-state index < -0.39 is 5.60 Å². The zero-order valence-electron chi connectivity index (χ0n) is 20.8. The van der Waals surface area contributed by atoms with Gasteiger partial charge in [0.2, 0.25) is 0 Å². The van der Waals surface area contributed by atoms with E-state index >= 15 is 0 Å². The molecule has 1 N–H and O–H groups in total. The van der Waals surface area contributed by atoms with Gasteiger partial charge in [-0.05, 0) is 117 Å². The number of carbonyl (C=O) groups excluding carboxylic acids is 1. The highest BCUT2D eigenvalue weighted by atomic mass is 35.5. The van der Waals surface area contributed by atoms with Crippen molar-refractivity contribution >= 4 is 28.4 Å². The van der Waals surface area contributed by atoms with Crippen molar-refractivity contribution in [3.05, 3.63) is 23.2 Å². The molecule has 5 nitrogen and oxygen atoms in total. The normalized spacial score (nSPS) is 43.9. The molecule has 0 spiro atoms. The predicted molar refractivity (Wildman–Crippen MR) is 133 cm³/mol. The largest absolute Gasteiger partial charge is 0.390 e. The Morgan fingerprint density at radius 3 is 2.68 bits per heavy atom. The summed E-state index contributed by atoms with van der Waals surface area (Å²) in [6, 6.07) is 5.53. The van der Waals surface area contributed by atoms with E-state index in [1.54, 1.807) is 4.68 Å². The molecule has 8 atom stereocenters. The molecule has 6 heteroatoms. The summed E-state index contributed by atoms with van der Waals surface area (Å²) in [5.74, 6) is 3.18. The van der Waals surface area contributed by atoms with Crippen molar-refractivity contribution in [1.29, 1.82) is 0 Å². The molecular formula is C28H38ClN3O2. The lowest BCUT2D eigenvalue weighted by Crippen LogP contribution is -2.55. The number of nitrogens with zero attached hydrogens (tertiary/aromatic N) is 3. The molecule has 0 radical (unpaired) electrons. The van der Waals surface area contributed by atoms with E-state index in [1.807, 2.05) is 25.1 Å². The maximum atomic E-state index is 13.7. The van der Waals surface area contributed by atoms with Gasteiger partial charge in [0.05, 0.1) is 11.1 Å². The molecule has 0 bridgehead atoms. The highest BCUT2D eigenvalue weighted by molar-refractivity contribution is 6.31. The second kappa shape index (κ2) is 7.77. The van der Waals surface area contributed by atoms with Crippen LogP contribution < -0.4 is 0 Å². The SMILES string of the molecule is C[C@@]1(O)CC[C@@]2(C)[C@H](CC[C@@H]3[C@@H]2CC[C@]2(C)[C@@H](C(=O)Cn4nnc5ccc(Cl)cc54)CC[C@@H]32)C1. The third kappa shape index (κ3) is 3.40. The topological polar surface area (TPSA) is 68.0 Å². The first kappa shape index (κ1) is 23.0. The average molecular weight is 484 g/mol. The molecule has 184 valence electrons. The standard InChI is InChI=1S/C28H38ClN3O2/c1-26(34)12-13-27(2)17(15-26)4-6-19-20-7-8-22(28(20,3)11-10-21(19)27)25(33)16-32-24-14-18(29)5-9-23(24)30-31-32/h5,9,14,17,19-22,34H,4,6-8,10-13,15-16H2,1-3H3/t17-,19+,20+,21+,22-,26-,27+,28+/m1/s1. The van der Waals surface area contributed by atoms with Gasteiger partial charge in [0, 0.05) is 10.9 Å². The smallest absolute Gasteiger partial charge is 0.157 e. The highest BCUT2D eigenvalue weighted by Gasteiger charge is 2.61. The number of fused-ring (bicyclic) bond motifs is 6. The van der Waals surface area contributed by atoms with Crippen LogP contribution in [-0.4, -0.2) is 31.5 Å². The lowest BCUT2D eigenvalue weighted by Gasteiger charge is -2.61. The summed E-state index contributed by atoms with van der Waals surface area (Å²) in [5.41, 5.74) is 1.58. The van der Waals surface area contributed by atoms with Crippen molar-refractivity contribution < 1.29 is 9.90 Å². The Bertz CT molecular complexity index is 1130. The summed E-state index contributed by atoms with van der Waals surface area (Å²) in [5, 5.41) is 19.9. The fourth-order valence-corrected chi connectivity index (χ4v) is 9.44. The Hall–Kier alpha value is -1.46. The van der Waals surface area contributed by atoms with Gasteiger partial charge < -0.3 is 5.11 Å². The van der Waals surface area contributed by atoms with Crippen molar-refractivity contribution in [2.45, 2.75) is 90.7 Å². The minimum Gasteiger partial charge on any atom is -0.390 e. The number of Topliss-reactive ketones (excluding diaryl/α,β-unsaturated/α-hetero) is 1. The van der Waals surface area contributed by atoms with Crippen LogP contribution in [-0.2, 0) is 11.3 Å². The van der Waals surface area contributed by atoms with Crippen LogP contribution in [0.2, 0.25) is 5.02 Å². The van der Waals surface area contributed by atoms with Crippen molar-refractivity contribution in [2.75, 3.05) is 0 Å². The summed E-state index contributed by atoms with van der Waals surface area (Å²) in [6.45, 7) is 7.27. The highest BCUT2D eigenvalue weighted by Crippen LogP contribution is 2.68. The first-order valence-electron chi connectivity index (χ1n) is 13.3. The van der Waals surface area contributed by atoms with Crippen LogP contribution in [0.4, 0.5) is 0 Å². The number of ketones is 1. The maximum Gasteiger partial charge on any atom is 0.157 e. The number of benzene rings is 1. The van der Waals surface area contributed by atoms with Gasteiger partial charge in [0.1, 0.15) is 12.1 Å². The third-order valence-corrected chi connectivity index (χ3v) is 11.4. The van der Waals surface area contributed by atoms with Crippen molar-refractivity contribution in [2.24, 2.45) is 40.4 Å². The van der Waals surface area contributed by atoms with Crippen molar-refractivity contribution in [1.82, 2.24) is 15.0 Å². The Morgan fingerprint density at radius 1 is 1.06 bits per heavy atom. The number of rotatable bonds is 3. The molecule has 2 aromatic rings. The fraction of sp³-hybridized carbons (Fsp3) is 0.750. The molecule has 34 heavy (non-hydrogen) atoms. The van der Waals surface area contributed by atoms with Crippen LogP contribution in [0.3, 0.4) is 0 Å². The monoisotopic (exact) mass is 483 g/mol. The molecule has 0 saturated heterocycles. The molecule has 4 saturated carbocycles. The van der Waals surface area contributed by atoms with Gasteiger partial charge in [-0.15, -0.1) is 5.10 Å². The first-order valence-corrected chi connectivity index (χ1v) is 13.7. The fourth-order valence-electron chi connectivity index (χ4n) is 9.27. The zero-order chi connectivity index (χ0) is 23.9. The maximum absolute atomic E-state index is 13.7. The van der Waals surface area contributed by atoms with E-state index in [-0.39, 0.29) is 17.9 Å².